The van der Waals surface area contributed by atoms with Crippen LogP contribution < -0.4 is 10.6 Å². The second kappa shape index (κ2) is 3.89. The number of hydrogen-bond acceptors (Lipinski definition) is 3. The van der Waals surface area contributed by atoms with E-state index in [4.69, 9.17) is 5.73 Å². The summed E-state index contributed by atoms with van der Waals surface area (Å²) in [7, 11) is 0. The van der Waals surface area contributed by atoms with Crippen LogP contribution in [0.1, 0.15) is 10.6 Å². The van der Waals surface area contributed by atoms with Gasteiger partial charge in [0.15, 0.2) is 0 Å². The maximum atomic E-state index is 11.4. The van der Waals surface area contributed by atoms with Crippen LogP contribution in [0.25, 0.3) is 0 Å². The van der Waals surface area contributed by atoms with E-state index in [1.54, 1.807) is 4.57 Å². The Bertz CT molecular complexity index is 375. The number of aryl methyl sites for hydroxylation is 1. The second-order valence-corrected chi connectivity index (χ2v) is 4.22. The van der Waals surface area contributed by atoms with Crippen LogP contribution in [0, 0.1) is 13.8 Å². The Morgan fingerprint density at radius 3 is 2.62 bits per heavy atom. The van der Waals surface area contributed by atoms with Gasteiger partial charge in [-0.05, 0) is 19.4 Å². The molecule has 2 N–H and O–H groups in total. The number of nitrogens with two attached hydrogens (primary N) is 1. The van der Waals surface area contributed by atoms with Crippen molar-refractivity contribution in [2.45, 2.75) is 20.4 Å². The molecule has 4 heteroatoms. The molecule has 0 aromatic carbocycles. The van der Waals surface area contributed by atoms with Gasteiger partial charge in [-0.2, -0.15) is 0 Å². The Balaban J connectivity index is 3.01. The standard InChI is InChI=1S/C9H14N2OS/c1-6(4-10)5-11-7(2)8(3)13-9(11)12/h1,4-5,10H2,2-3H3. The smallest absolute Gasteiger partial charge is 0.307 e. The number of rotatable bonds is 3. The van der Waals surface area contributed by atoms with Gasteiger partial charge < -0.3 is 5.73 Å². The van der Waals surface area contributed by atoms with Crippen LogP contribution in [0.4, 0.5) is 0 Å². The average molecular weight is 198 g/mol. The normalized spacial score (nSPS) is 10.4. The first-order chi connectivity index (χ1) is 6.06. The molecule has 0 unspecified atom stereocenters. The molecule has 0 aliphatic heterocycles. The third-order valence-corrected chi connectivity index (χ3v) is 3.04. The van der Waals surface area contributed by atoms with Crippen molar-refractivity contribution < 1.29 is 0 Å². The van der Waals surface area contributed by atoms with Gasteiger partial charge in [-0.25, -0.2) is 0 Å². The molecule has 72 valence electrons. The molecule has 0 spiro atoms. The van der Waals surface area contributed by atoms with Crippen LogP contribution in [0.5, 0.6) is 0 Å². The summed E-state index contributed by atoms with van der Waals surface area (Å²) in [5, 5.41) is 0. The van der Waals surface area contributed by atoms with Crippen LogP contribution in [0.15, 0.2) is 16.9 Å². The van der Waals surface area contributed by atoms with Crippen LogP contribution in [-0.4, -0.2) is 11.1 Å². The Morgan fingerprint density at radius 2 is 2.23 bits per heavy atom. The fourth-order valence-corrected chi connectivity index (χ4v) is 1.89. The molecule has 3 nitrogen and oxygen atoms in total. The van der Waals surface area contributed by atoms with Crippen molar-refractivity contribution in [3.05, 3.63) is 32.4 Å². The fourth-order valence-electron chi connectivity index (χ4n) is 1.06. The van der Waals surface area contributed by atoms with Crippen LogP contribution in [0.2, 0.25) is 0 Å². The predicted molar refractivity (Wildman–Crippen MR) is 56.2 cm³/mol. The third kappa shape index (κ3) is 2.08. The lowest BCUT2D eigenvalue weighted by molar-refractivity contribution is 0.729. The monoisotopic (exact) mass is 198 g/mol. The van der Waals surface area contributed by atoms with Gasteiger partial charge in [0, 0.05) is 23.7 Å². The molecule has 1 heterocycles. The number of hydrogen-bond donors (Lipinski definition) is 1. The van der Waals surface area contributed by atoms with Crippen molar-refractivity contribution in [2.75, 3.05) is 6.54 Å². The molecule has 0 fully saturated rings. The molecule has 0 aliphatic carbocycles. The summed E-state index contributed by atoms with van der Waals surface area (Å²) in [4.78, 5) is 12.6. The van der Waals surface area contributed by atoms with E-state index in [-0.39, 0.29) is 4.87 Å². The van der Waals surface area contributed by atoms with Gasteiger partial charge in [0.05, 0.1) is 0 Å². The Hall–Kier alpha value is -0.870. The Morgan fingerprint density at radius 1 is 1.62 bits per heavy atom. The lowest BCUT2D eigenvalue weighted by Crippen LogP contribution is -2.18. The minimum absolute atomic E-state index is 0.0737. The summed E-state index contributed by atoms with van der Waals surface area (Å²) in [5.74, 6) is 0. The highest BCUT2D eigenvalue weighted by Crippen LogP contribution is 2.10. The summed E-state index contributed by atoms with van der Waals surface area (Å²) in [6, 6.07) is 0. The van der Waals surface area contributed by atoms with Crippen molar-refractivity contribution in [1.29, 1.82) is 0 Å². The number of nitrogens with zero attached hydrogens (tertiary/aromatic N) is 1. The zero-order valence-electron chi connectivity index (χ0n) is 7.96. The highest BCUT2D eigenvalue weighted by Gasteiger charge is 2.07. The summed E-state index contributed by atoms with van der Waals surface area (Å²) in [5.41, 5.74) is 7.31. The molecule has 0 aliphatic rings. The zero-order chi connectivity index (χ0) is 10.0. The van der Waals surface area contributed by atoms with Gasteiger partial charge in [-0.3, -0.25) is 9.36 Å². The lowest BCUT2D eigenvalue weighted by Gasteiger charge is -2.05. The minimum Gasteiger partial charge on any atom is -0.327 e. The van der Waals surface area contributed by atoms with Gasteiger partial charge in [-0.15, -0.1) is 0 Å². The Labute approximate surface area is 81.5 Å². The van der Waals surface area contributed by atoms with Crippen molar-refractivity contribution in [3.63, 3.8) is 0 Å². The van der Waals surface area contributed by atoms with Crippen molar-refractivity contribution >= 4 is 11.3 Å². The van der Waals surface area contributed by atoms with Gasteiger partial charge in [0.2, 0.25) is 0 Å². The molecule has 0 amide bonds. The first-order valence-corrected chi connectivity index (χ1v) is 4.91. The number of aromatic nitrogens is 1. The predicted octanol–water partition coefficient (Wildman–Crippen LogP) is 1.04. The molecular weight excluding hydrogens is 184 g/mol. The summed E-state index contributed by atoms with van der Waals surface area (Å²) in [6.45, 7) is 8.65. The molecule has 0 atom stereocenters. The average Bonchev–Trinajstić information content (AvgIpc) is 2.32. The number of thiazole rings is 1. The first-order valence-electron chi connectivity index (χ1n) is 4.09. The third-order valence-electron chi connectivity index (χ3n) is 2.05. The van der Waals surface area contributed by atoms with E-state index in [0.29, 0.717) is 13.1 Å². The van der Waals surface area contributed by atoms with E-state index < -0.39 is 0 Å². The SMILES string of the molecule is C=C(CN)Cn1c(C)c(C)sc1=O. The lowest BCUT2D eigenvalue weighted by atomic mass is 10.3. The fraction of sp³-hybridized carbons (Fsp3) is 0.444. The van der Waals surface area contributed by atoms with E-state index in [9.17, 15) is 4.79 Å². The van der Waals surface area contributed by atoms with Crippen molar-refractivity contribution in [3.8, 4) is 0 Å². The molecule has 0 saturated heterocycles. The second-order valence-electron chi connectivity index (χ2n) is 3.05. The van der Waals surface area contributed by atoms with Crippen LogP contribution in [-0.2, 0) is 6.54 Å². The highest BCUT2D eigenvalue weighted by atomic mass is 32.1. The molecule has 1 aromatic heterocycles. The molecule has 1 rings (SSSR count). The molecular formula is C9H14N2OS. The largest absolute Gasteiger partial charge is 0.327 e. The van der Waals surface area contributed by atoms with Gasteiger partial charge in [0.1, 0.15) is 0 Å². The molecule has 13 heavy (non-hydrogen) atoms. The highest BCUT2D eigenvalue weighted by molar-refractivity contribution is 7.09. The summed E-state index contributed by atoms with van der Waals surface area (Å²) in [6.07, 6.45) is 0. The molecule has 0 bridgehead atoms. The minimum atomic E-state index is 0.0737. The molecule has 0 radical (unpaired) electrons. The maximum absolute atomic E-state index is 11.4. The van der Waals surface area contributed by atoms with Gasteiger partial charge in [-0.1, -0.05) is 17.9 Å². The summed E-state index contributed by atoms with van der Waals surface area (Å²) < 4.78 is 1.72. The summed E-state index contributed by atoms with van der Waals surface area (Å²) >= 11 is 1.27. The van der Waals surface area contributed by atoms with E-state index in [1.165, 1.54) is 11.3 Å². The van der Waals surface area contributed by atoms with Crippen LogP contribution in [0.3, 0.4) is 0 Å². The zero-order valence-corrected chi connectivity index (χ0v) is 8.78. The maximum Gasteiger partial charge on any atom is 0.307 e. The quantitative estimate of drug-likeness (QED) is 0.738. The van der Waals surface area contributed by atoms with E-state index in [1.807, 2.05) is 13.8 Å². The van der Waals surface area contributed by atoms with E-state index in [2.05, 4.69) is 6.58 Å². The molecule has 1 aromatic rings. The molecule has 0 saturated carbocycles. The Kier molecular flexibility index (Phi) is 3.06. The van der Waals surface area contributed by atoms with E-state index in [0.717, 1.165) is 16.1 Å². The van der Waals surface area contributed by atoms with Gasteiger partial charge >= 0.3 is 4.87 Å². The van der Waals surface area contributed by atoms with Crippen LogP contribution >= 0.6 is 11.3 Å². The topological polar surface area (TPSA) is 48.0 Å². The van der Waals surface area contributed by atoms with Gasteiger partial charge in [0.25, 0.3) is 0 Å². The van der Waals surface area contributed by atoms with Crippen molar-refractivity contribution in [2.24, 2.45) is 5.73 Å². The van der Waals surface area contributed by atoms with Crippen molar-refractivity contribution in [1.82, 2.24) is 4.57 Å². The van der Waals surface area contributed by atoms with E-state index >= 15 is 0 Å². The first kappa shape index (κ1) is 10.2.